The van der Waals surface area contributed by atoms with Crippen LogP contribution < -0.4 is 20.1 Å². The van der Waals surface area contributed by atoms with Crippen molar-refractivity contribution in [1.82, 2.24) is 10.6 Å². The molecule has 0 aliphatic rings. The predicted octanol–water partition coefficient (Wildman–Crippen LogP) is 2.92. The summed E-state index contributed by atoms with van der Waals surface area (Å²) in [5.74, 6) is 2.21. The van der Waals surface area contributed by atoms with Crippen molar-refractivity contribution in [2.45, 2.75) is 46.0 Å². The van der Waals surface area contributed by atoms with Gasteiger partial charge in [0.2, 0.25) is 0 Å². The average molecular weight is 394 g/mol. The van der Waals surface area contributed by atoms with Crippen molar-refractivity contribution in [2.24, 2.45) is 4.99 Å². The van der Waals surface area contributed by atoms with Gasteiger partial charge in [0.15, 0.2) is 17.5 Å². The number of nitrogens with one attached hydrogen (secondary N) is 2. The second-order valence-electron chi connectivity index (χ2n) is 6.21. The van der Waals surface area contributed by atoms with E-state index in [1.807, 2.05) is 26.0 Å². The van der Waals surface area contributed by atoms with E-state index < -0.39 is 0 Å². The molecular weight excluding hydrogens is 358 g/mol. The van der Waals surface area contributed by atoms with E-state index in [4.69, 9.17) is 9.47 Å². The van der Waals surface area contributed by atoms with Crippen molar-refractivity contribution in [3.8, 4) is 11.5 Å². The van der Waals surface area contributed by atoms with Gasteiger partial charge in [0, 0.05) is 26.6 Å². The van der Waals surface area contributed by atoms with E-state index in [1.54, 1.807) is 7.05 Å². The largest absolute Gasteiger partial charge is 0.490 e. The van der Waals surface area contributed by atoms with E-state index in [9.17, 15) is 4.79 Å². The summed E-state index contributed by atoms with van der Waals surface area (Å²) in [6.07, 6.45) is 4.14. The smallest absolute Gasteiger partial charge is 0.305 e. The Morgan fingerprint density at radius 1 is 1.00 bits per heavy atom. The van der Waals surface area contributed by atoms with Crippen molar-refractivity contribution in [3.05, 3.63) is 23.8 Å². The Hall–Kier alpha value is -2.44. The van der Waals surface area contributed by atoms with Crippen molar-refractivity contribution in [3.63, 3.8) is 0 Å². The number of hydrogen-bond donors (Lipinski definition) is 2. The highest BCUT2D eigenvalue weighted by atomic mass is 16.5. The first-order valence-corrected chi connectivity index (χ1v) is 10.0. The maximum atomic E-state index is 11.1. The van der Waals surface area contributed by atoms with Crippen LogP contribution in [0.4, 0.5) is 0 Å². The second kappa shape index (κ2) is 14.6. The number of benzene rings is 1. The van der Waals surface area contributed by atoms with Gasteiger partial charge in [-0.3, -0.25) is 9.79 Å². The zero-order valence-electron chi connectivity index (χ0n) is 17.7. The summed E-state index contributed by atoms with van der Waals surface area (Å²) in [5.41, 5.74) is 1.18. The molecule has 0 amide bonds. The van der Waals surface area contributed by atoms with Crippen LogP contribution in [0.2, 0.25) is 0 Å². The molecule has 2 N–H and O–H groups in total. The molecule has 0 radical (unpaired) electrons. The number of carbonyl (C=O) groups excluding carboxylic acids is 1. The lowest BCUT2D eigenvalue weighted by atomic mass is 10.1. The molecule has 0 aliphatic carbocycles. The van der Waals surface area contributed by atoms with Gasteiger partial charge in [0.1, 0.15) is 0 Å². The molecule has 158 valence electrons. The van der Waals surface area contributed by atoms with Crippen LogP contribution in [-0.2, 0) is 16.0 Å². The number of methoxy groups -OCH3 is 1. The van der Waals surface area contributed by atoms with Crippen molar-refractivity contribution in [1.29, 1.82) is 0 Å². The van der Waals surface area contributed by atoms with E-state index in [0.717, 1.165) is 56.2 Å². The highest BCUT2D eigenvalue weighted by Gasteiger charge is 2.06. The molecule has 0 saturated heterocycles. The monoisotopic (exact) mass is 393 g/mol. The molecule has 7 heteroatoms. The van der Waals surface area contributed by atoms with Gasteiger partial charge in [0.05, 0.1) is 20.3 Å². The van der Waals surface area contributed by atoms with E-state index in [-0.39, 0.29) is 5.97 Å². The normalized spacial score (nSPS) is 11.1. The molecule has 1 rings (SSSR count). The molecule has 0 aliphatic heterocycles. The van der Waals surface area contributed by atoms with Gasteiger partial charge in [-0.25, -0.2) is 0 Å². The molecule has 7 nitrogen and oxygen atoms in total. The van der Waals surface area contributed by atoms with Crippen molar-refractivity contribution in [2.75, 3.05) is 40.5 Å². The van der Waals surface area contributed by atoms with Gasteiger partial charge in [-0.2, -0.15) is 0 Å². The zero-order chi connectivity index (χ0) is 20.6. The third-order valence-corrected chi connectivity index (χ3v) is 4.12. The molecule has 1 aromatic rings. The SMILES string of the molecule is CCOc1ccc(CCNC(=NC)NCCCCCC(=O)OC)cc1OCC. The van der Waals surface area contributed by atoms with Gasteiger partial charge in [-0.1, -0.05) is 12.5 Å². The van der Waals surface area contributed by atoms with Gasteiger partial charge in [-0.05, 0) is 50.8 Å². The minimum Gasteiger partial charge on any atom is -0.490 e. The summed E-state index contributed by atoms with van der Waals surface area (Å²) in [6, 6.07) is 6.06. The average Bonchev–Trinajstić information content (AvgIpc) is 2.71. The third-order valence-electron chi connectivity index (χ3n) is 4.12. The number of esters is 1. The maximum Gasteiger partial charge on any atom is 0.305 e. The van der Waals surface area contributed by atoms with Gasteiger partial charge in [-0.15, -0.1) is 0 Å². The van der Waals surface area contributed by atoms with Crippen LogP contribution in [0, 0.1) is 0 Å². The summed E-state index contributed by atoms with van der Waals surface area (Å²) in [5, 5.41) is 6.61. The number of unbranched alkanes of at least 4 members (excludes halogenated alkanes) is 2. The molecule has 28 heavy (non-hydrogen) atoms. The Kier molecular flexibility index (Phi) is 12.3. The second-order valence-corrected chi connectivity index (χ2v) is 6.21. The number of carbonyl (C=O) groups is 1. The Morgan fingerprint density at radius 2 is 1.71 bits per heavy atom. The molecule has 1 aromatic carbocycles. The minimum atomic E-state index is -0.146. The van der Waals surface area contributed by atoms with Crippen LogP contribution in [0.5, 0.6) is 11.5 Å². The molecule has 0 fully saturated rings. The van der Waals surface area contributed by atoms with E-state index in [1.165, 1.54) is 12.7 Å². The number of aliphatic imine (C=N–C) groups is 1. The van der Waals surface area contributed by atoms with Crippen LogP contribution in [0.15, 0.2) is 23.2 Å². The van der Waals surface area contributed by atoms with Crippen LogP contribution in [0.25, 0.3) is 0 Å². The summed E-state index contributed by atoms with van der Waals surface area (Å²) in [7, 11) is 3.18. The van der Waals surface area contributed by atoms with Crippen molar-refractivity contribution >= 4 is 11.9 Å². The van der Waals surface area contributed by atoms with E-state index >= 15 is 0 Å². The quantitative estimate of drug-likeness (QED) is 0.232. The maximum absolute atomic E-state index is 11.1. The van der Waals surface area contributed by atoms with Crippen molar-refractivity contribution < 1.29 is 19.0 Å². The number of guanidine groups is 1. The van der Waals surface area contributed by atoms with Crippen LogP contribution in [0.3, 0.4) is 0 Å². The first-order chi connectivity index (χ1) is 13.6. The van der Waals surface area contributed by atoms with Crippen LogP contribution >= 0.6 is 0 Å². The molecule has 0 bridgehead atoms. The standard InChI is InChI=1S/C21H35N3O4/c1-5-27-18-12-11-17(16-19(18)28-6-2)13-15-24-21(22-3)23-14-9-7-8-10-20(25)26-4/h11-12,16H,5-10,13-15H2,1-4H3,(H2,22,23,24). The third kappa shape index (κ3) is 9.48. The lowest BCUT2D eigenvalue weighted by Crippen LogP contribution is -2.38. The molecule has 0 unspecified atom stereocenters. The number of nitrogens with zero attached hydrogens (tertiary/aromatic N) is 1. The molecular formula is C21H35N3O4. The Balaban J connectivity index is 2.32. The van der Waals surface area contributed by atoms with Gasteiger partial charge in [0.25, 0.3) is 0 Å². The first-order valence-electron chi connectivity index (χ1n) is 10.0. The lowest BCUT2D eigenvalue weighted by molar-refractivity contribution is -0.140. The molecule has 0 saturated carbocycles. The highest BCUT2D eigenvalue weighted by molar-refractivity contribution is 5.79. The summed E-state index contributed by atoms with van der Waals surface area (Å²) in [6.45, 7) is 6.74. The highest BCUT2D eigenvalue weighted by Crippen LogP contribution is 2.28. The lowest BCUT2D eigenvalue weighted by Gasteiger charge is -2.14. The number of rotatable bonds is 13. The topological polar surface area (TPSA) is 81.2 Å². The molecule has 0 aromatic heterocycles. The fraction of sp³-hybridized carbons (Fsp3) is 0.619. The fourth-order valence-corrected chi connectivity index (χ4v) is 2.68. The Morgan fingerprint density at radius 3 is 2.39 bits per heavy atom. The molecule has 0 spiro atoms. The number of ether oxygens (including phenoxy) is 3. The van der Waals surface area contributed by atoms with Gasteiger partial charge < -0.3 is 24.8 Å². The van der Waals surface area contributed by atoms with Crippen LogP contribution in [-0.4, -0.2) is 52.4 Å². The Labute approximate surface area is 168 Å². The molecule has 0 heterocycles. The van der Waals surface area contributed by atoms with Crippen LogP contribution in [0.1, 0.15) is 45.1 Å². The zero-order valence-corrected chi connectivity index (χ0v) is 17.7. The number of hydrogen-bond acceptors (Lipinski definition) is 5. The predicted molar refractivity (Wildman–Crippen MR) is 112 cm³/mol. The molecule has 0 atom stereocenters. The first kappa shape index (κ1) is 23.6. The van der Waals surface area contributed by atoms with Gasteiger partial charge >= 0.3 is 5.97 Å². The minimum absolute atomic E-state index is 0.146. The summed E-state index contributed by atoms with van der Waals surface area (Å²) < 4.78 is 15.9. The summed E-state index contributed by atoms with van der Waals surface area (Å²) in [4.78, 5) is 15.3. The fourth-order valence-electron chi connectivity index (χ4n) is 2.68. The summed E-state index contributed by atoms with van der Waals surface area (Å²) >= 11 is 0. The Bertz CT molecular complexity index is 605. The van der Waals surface area contributed by atoms with E-state index in [2.05, 4.69) is 26.4 Å². The van der Waals surface area contributed by atoms with E-state index in [0.29, 0.717) is 19.6 Å².